The number of nitrogens with zero attached hydrogens (tertiary/aromatic N) is 4. The van der Waals surface area contributed by atoms with Crippen LogP contribution in [-0.2, 0) is 11.3 Å². The predicted octanol–water partition coefficient (Wildman–Crippen LogP) is 4.24. The van der Waals surface area contributed by atoms with Crippen LogP contribution < -0.4 is 10.6 Å². The summed E-state index contributed by atoms with van der Waals surface area (Å²) in [6.07, 6.45) is 8.69. The summed E-state index contributed by atoms with van der Waals surface area (Å²) < 4.78 is 20.9. The molecule has 1 aliphatic carbocycles. The number of pyridine rings is 2. The molecular weight excluding hydrogens is 523 g/mol. The van der Waals surface area contributed by atoms with Gasteiger partial charge in [-0.2, -0.15) is 0 Å². The number of rotatable bonds is 6. The first-order valence-electron chi connectivity index (χ1n) is 14.3. The number of carbonyl (C=O) groups is 1. The molecule has 3 aromatic heterocycles. The summed E-state index contributed by atoms with van der Waals surface area (Å²) in [7, 11) is 0. The maximum atomic E-state index is 13.7. The molecule has 41 heavy (non-hydrogen) atoms. The number of benzene rings is 1. The molecule has 1 saturated heterocycles. The fourth-order valence-electron chi connectivity index (χ4n) is 6.53. The molecule has 2 fully saturated rings. The number of ether oxygens (including phenoxy) is 1. The molecule has 1 saturated carbocycles. The highest BCUT2D eigenvalue weighted by atomic mass is 19.1. The SMILES string of the molecule is O=C1NCc2c(-c3cnc4cc(F)ccn34)ccc(Nc3ccc(C4CCC(O)(CN5CCOCC5)CC4)cn3)c21. The highest BCUT2D eigenvalue weighted by Gasteiger charge is 2.35. The number of aliphatic hydroxyl groups is 1. The van der Waals surface area contributed by atoms with Gasteiger partial charge in [0.05, 0.1) is 42.0 Å². The van der Waals surface area contributed by atoms with Crippen LogP contribution in [0.15, 0.2) is 55.0 Å². The highest BCUT2D eigenvalue weighted by Crippen LogP contribution is 2.39. The molecule has 0 bridgehead atoms. The van der Waals surface area contributed by atoms with Crippen LogP contribution in [0.4, 0.5) is 15.9 Å². The average Bonchev–Trinajstić information content (AvgIpc) is 3.58. The summed E-state index contributed by atoms with van der Waals surface area (Å²) in [6, 6.07) is 10.7. The minimum atomic E-state index is -0.630. The number of fused-ring (bicyclic) bond motifs is 2. The first kappa shape index (κ1) is 26.1. The molecule has 2 aliphatic heterocycles. The molecule has 1 amide bonds. The third-order valence-electron chi connectivity index (χ3n) is 8.78. The quantitative estimate of drug-likeness (QED) is 0.326. The first-order valence-corrected chi connectivity index (χ1v) is 14.3. The van der Waals surface area contributed by atoms with E-state index in [1.54, 1.807) is 12.4 Å². The van der Waals surface area contributed by atoms with E-state index in [1.165, 1.54) is 17.7 Å². The van der Waals surface area contributed by atoms with E-state index < -0.39 is 5.60 Å². The Morgan fingerprint density at radius 2 is 1.93 bits per heavy atom. The molecule has 5 heterocycles. The van der Waals surface area contributed by atoms with E-state index in [0.717, 1.165) is 75.4 Å². The smallest absolute Gasteiger partial charge is 0.254 e. The Kier molecular flexibility index (Phi) is 6.69. The molecular formula is C31H33FN6O3. The fraction of sp³-hybridized carbons (Fsp3) is 0.387. The summed E-state index contributed by atoms with van der Waals surface area (Å²) in [6.45, 7) is 4.38. The first-order chi connectivity index (χ1) is 20.0. The zero-order valence-corrected chi connectivity index (χ0v) is 22.8. The number of aromatic nitrogens is 3. The van der Waals surface area contributed by atoms with Crippen LogP contribution in [-0.4, -0.2) is 68.7 Å². The van der Waals surface area contributed by atoms with Gasteiger partial charge in [-0.15, -0.1) is 0 Å². The monoisotopic (exact) mass is 556 g/mol. The summed E-state index contributed by atoms with van der Waals surface area (Å²) in [5.41, 5.74) is 4.86. The third-order valence-corrected chi connectivity index (χ3v) is 8.78. The van der Waals surface area contributed by atoms with Gasteiger partial charge in [-0.25, -0.2) is 14.4 Å². The van der Waals surface area contributed by atoms with Crippen LogP contribution in [0, 0.1) is 5.82 Å². The van der Waals surface area contributed by atoms with Crippen molar-refractivity contribution < 1.29 is 19.0 Å². The Hall–Kier alpha value is -3.86. The lowest BCUT2D eigenvalue weighted by atomic mass is 9.76. The Bertz CT molecular complexity index is 1590. The Morgan fingerprint density at radius 1 is 1.10 bits per heavy atom. The standard InChI is InChI=1S/C31H33FN6O3/c32-22-7-10-38-26(18-34-28(38)15-22)23-2-3-25(29-24(23)17-35-30(29)39)36-27-4-1-21(16-33-27)20-5-8-31(40,9-6-20)19-37-11-13-41-14-12-37/h1-4,7,10,15-16,18,20,40H,5-6,8-9,11-14,17,19H2,(H,33,36)(H,35,39). The maximum absolute atomic E-state index is 13.7. The molecule has 212 valence electrons. The van der Waals surface area contributed by atoms with Gasteiger partial charge in [0.1, 0.15) is 17.3 Å². The zero-order valence-electron chi connectivity index (χ0n) is 22.8. The number of halogens is 1. The number of anilines is 2. The van der Waals surface area contributed by atoms with Crippen LogP contribution >= 0.6 is 0 Å². The number of hydrogen-bond donors (Lipinski definition) is 3. The van der Waals surface area contributed by atoms with Crippen LogP contribution in [0.25, 0.3) is 16.9 Å². The average molecular weight is 557 g/mol. The van der Waals surface area contributed by atoms with Crippen LogP contribution in [0.1, 0.15) is 53.1 Å². The minimum Gasteiger partial charge on any atom is -0.389 e. The minimum absolute atomic E-state index is 0.146. The Morgan fingerprint density at radius 3 is 2.71 bits per heavy atom. The van der Waals surface area contributed by atoms with Crippen molar-refractivity contribution >= 4 is 23.1 Å². The van der Waals surface area contributed by atoms with Gasteiger partial charge in [0.2, 0.25) is 0 Å². The van der Waals surface area contributed by atoms with Crippen molar-refractivity contribution in [2.24, 2.45) is 0 Å². The lowest BCUT2D eigenvalue weighted by molar-refractivity contribution is -0.0534. The normalized spacial score (nSPS) is 23.0. The van der Waals surface area contributed by atoms with E-state index in [0.29, 0.717) is 35.2 Å². The van der Waals surface area contributed by atoms with Gasteiger partial charge in [0.15, 0.2) is 0 Å². The Balaban J connectivity index is 1.06. The van der Waals surface area contributed by atoms with Gasteiger partial charge < -0.3 is 20.5 Å². The molecule has 7 rings (SSSR count). The second kappa shape index (κ2) is 10.5. The van der Waals surface area contributed by atoms with E-state index in [9.17, 15) is 14.3 Å². The van der Waals surface area contributed by atoms with Gasteiger partial charge in [-0.1, -0.05) is 12.1 Å². The molecule has 10 heteroatoms. The number of imidazole rings is 1. The van der Waals surface area contributed by atoms with E-state index in [-0.39, 0.29) is 11.7 Å². The molecule has 0 radical (unpaired) electrons. The second-order valence-corrected chi connectivity index (χ2v) is 11.4. The number of morpholine rings is 1. The Labute approximate surface area is 237 Å². The molecule has 0 unspecified atom stereocenters. The van der Waals surface area contributed by atoms with Crippen LogP contribution in [0.2, 0.25) is 0 Å². The van der Waals surface area contributed by atoms with E-state index >= 15 is 0 Å². The van der Waals surface area contributed by atoms with Crippen molar-refractivity contribution in [3.05, 3.63) is 77.5 Å². The van der Waals surface area contributed by atoms with E-state index in [4.69, 9.17) is 4.74 Å². The topological polar surface area (TPSA) is 104 Å². The summed E-state index contributed by atoms with van der Waals surface area (Å²) in [5, 5.41) is 17.5. The van der Waals surface area contributed by atoms with Crippen molar-refractivity contribution in [3.8, 4) is 11.3 Å². The van der Waals surface area contributed by atoms with Crippen LogP contribution in [0.5, 0.6) is 0 Å². The lowest BCUT2D eigenvalue weighted by Gasteiger charge is -2.40. The zero-order chi connectivity index (χ0) is 28.0. The molecule has 1 aromatic carbocycles. The summed E-state index contributed by atoms with van der Waals surface area (Å²) >= 11 is 0. The molecule has 0 spiro atoms. The van der Waals surface area contributed by atoms with E-state index in [1.807, 2.05) is 28.8 Å². The van der Waals surface area contributed by atoms with Gasteiger partial charge in [-0.3, -0.25) is 14.1 Å². The van der Waals surface area contributed by atoms with Gasteiger partial charge in [0.25, 0.3) is 5.91 Å². The predicted molar refractivity (Wildman–Crippen MR) is 153 cm³/mol. The van der Waals surface area contributed by atoms with Crippen molar-refractivity contribution in [1.29, 1.82) is 0 Å². The molecule has 4 aromatic rings. The van der Waals surface area contributed by atoms with Crippen LogP contribution in [0.3, 0.4) is 0 Å². The molecule has 9 nitrogen and oxygen atoms in total. The summed E-state index contributed by atoms with van der Waals surface area (Å²) in [4.78, 5) is 24.2. The molecule has 0 atom stereocenters. The third kappa shape index (κ3) is 5.07. The fourth-order valence-corrected chi connectivity index (χ4v) is 6.53. The molecule has 3 aliphatic rings. The van der Waals surface area contributed by atoms with E-state index in [2.05, 4.69) is 31.6 Å². The highest BCUT2D eigenvalue weighted by molar-refractivity contribution is 6.06. The second-order valence-electron chi connectivity index (χ2n) is 11.4. The van der Waals surface area contributed by atoms with Gasteiger partial charge in [-0.05, 0) is 60.9 Å². The van der Waals surface area contributed by atoms with Crippen molar-refractivity contribution in [2.45, 2.75) is 43.7 Å². The molecule has 3 N–H and O–H groups in total. The maximum Gasteiger partial charge on any atom is 0.254 e. The largest absolute Gasteiger partial charge is 0.389 e. The van der Waals surface area contributed by atoms with Crippen molar-refractivity contribution in [3.63, 3.8) is 0 Å². The lowest BCUT2D eigenvalue weighted by Crippen LogP contribution is -2.48. The number of β-amino-alcohol motifs (C(OH)–C–C–N with tert-alkyl or cyclic N) is 1. The number of nitrogens with one attached hydrogen (secondary N) is 2. The number of hydrogen-bond acceptors (Lipinski definition) is 7. The number of amides is 1. The summed E-state index contributed by atoms with van der Waals surface area (Å²) in [5.74, 6) is 0.541. The van der Waals surface area contributed by atoms with Crippen molar-refractivity contribution in [2.75, 3.05) is 38.2 Å². The number of carbonyl (C=O) groups excluding carboxylic acids is 1. The van der Waals surface area contributed by atoms with Gasteiger partial charge in [0, 0.05) is 50.2 Å². The van der Waals surface area contributed by atoms with Gasteiger partial charge >= 0.3 is 0 Å². The van der Waals surface area contributed by atoms with Crippen molar-refractivity contribution in [1.82, 2.24) is 24.6 Å².